The molecule has 0 radical (unpaired) electrons. The Morgan fingerprint density at radius 1 is 1.17 bits per heavy atom. The van der Waals surface area contributed by atoms with Gasteiger partial charge in [-0.2, -0.15) is 4.72 Å². The standard InChI is InChI=1S/C10H17NO5SSi/c1-14-18(15-2,10-7-5-4-6-8-10)16-9-11-17(3,12)13/h4-8,11H,9H2,1-3H3. The second kappa shape index (κ2) is 6.41. The highest BCUT2D eigenvalue weighted by Gasteiger charge is 2.41. The van der Waals surface area contributed by atoms with E-state index in [9.17, 15) is 8.42 Å². The highest BCUT2D eigenvalue weighted by Crippen LogP contribution is 2.07. The van der Waals surface area contributed by atoms with Crippen LogP contribution in [-0.4, -0.2) is 44.4 Å². The second-order valence-corrected chi connectivity index (χ2v) is 8.16. The lowest BCUT2D eigenvalue weighted by atomic mass is 10.4. The van der Waals surface area contributed by atoms with Crippen LogP contribution in [0.3, 0.4) is 0 Å². The fourth-order valence-corrected chi connectivity index (χ4v) is 3.67. The summed E-state index contributed by atoms with van der Waals surface area (Å²) in [5.41, 5.74) is 0. The normalized spacial score (nSPS) is 12.6. The molecule has 0 atom stereocenters. The SMILES string of the molecule is CO[Si](OC)(OCNS(C)(=O)=O)c1ccccc1. The van der Waals surface area contributed by atoms with Gasteiger partial charge < -0.3 is 13.3 Å². The lowest BCUT2D eigenvalue weighted by Crippen LogP contribution is -2.56. The highest BCUT2D eigenvalue weighted by atomic mass is 32.2. The summed E-state index contributed by atoms with van der Waals surface area (Å²) in [7, 11) is -3.40. The van der Waals surface area contributed by atoms with Gasteiger partial charge in [0.15, 0.2) is 0 Å². The lowest BCUT2D eigenvalue weighted by molar-refractivity contribution is 0.112. The van der Waals surface area contributed by atoms with E-state index in [1.165, 1.54) is 14.2 Å². The molecule has 0 bridgehead atoms. The van der Waals surface area contributed by atoms with Gasteiger partial charge in [0.05, 0.1) is 6.26 Å². The van der Waals surface area contributed by atoms with E-state index in [1.54, 1.807) is 0 Å². The third kappa shape index (κ3) is 4.16. The quantitative estimate of drug-likeness (QED) is 0.549. The number of benzene rings is 1. The second-order valence-electron chi connectivity index (χ2n) is 3.54. The zero-order chi connectivity index (χ0) is 13.6. The molecule has 102 valence electrons. The summed E-state index contributed by atoms with van der Waals surface area (Å²) in [4.78, 5) is 0. The average molecular weight is 291 g/mol. The van der Waals surface area contributed by atoms with E-state index in [2.05, 4.69) is 4.72 Å². The Balaban J connectivity index is 2.82. The topological polar surface area (TPSA) is 73.9 Å². The van der Waals surface area contributed by atoms with Gasteiger partial charge in [-0.1, -0.05) is 30.3 Å². The zero-order valence-electron chi connectivity index (χ0n) is 10.5. The van der Waals surface area contributed by atoms with E-state index in [-0.39, 0.29) is 6.73 Å². The first-order valence-electron chi connectivity index (χ1n) is 5.18. The molecule has 0 aromatic heterocycles. The van der Waals surface area contributed by atoms with Crippen LogP contribution in [0.5, 0.6) is 0 Å². The Hall–Kier alpha value is -0.773. The van der Waals surface area contributed by atoms with Crippen LogP contribution in [0.2, 0.25) is 0 Å². The minimum absolute atomic E-state index is 0.193. The van der Waals surface area contributed by atoms with E-state index < -0.39 is 18.8 Å². The van der Waals surface area contributed by atoms with Crippen LogP contribution in [0.1, 0.15) is 0 Å². The van der Waals surface area contributed by atoms with Gasteiger partial charge in [0.2, 0.25) is 10.0 Å². The fraction of sp³-hybridized carbons (Fsp3) is 0.400. The van der Waals surface area contributed by atoms with Crippen molar-refractivity contribution in [3.05, 3.63) is 30.3 Å². The molecule has 18 heavy (non-hydrogen) atoms. The van der Waals surface area contributed by atoms with Crippen molar-refractivity contribution in [1.82, 2.24) is 4.72 Å². The molecule has 0 heterocycles. The number of sulfonamides is 1. The first-order valence-corrected chi connectivity index (χ1v) is 8.79. The first-order chi connectivity index (χ1) is 8.43. The van der Waals surface area contributed by atoms with Gasteiger partial charge in [-0.15, -0.1) is 0 Å². The summed E-state index contributed by atoms with van der Waals surface area (Å²) in [6.45, 7) is -0.193. The molecule has 1 aromatic carbocycles. The molecule has 0 saturated carbocycles. The Kier molecular flexibility index (Phi) is 5.44. The van der Waals surface area contributed by atoms with Gasteiger partial charge in [0.25, 0.3) is 0 Å². The largest absolute Gasteiger partial charge is 0.537 e. The molecule has 0 unspecified atom stereocenters. The van der Waals surface area contributed by atoms with Crippen LogP contribution in [0, 0.1) is 0 Å². The Bertz CT molecular complexity index is 460. The maximum absolute atomic E-state index is 11.0. The van der Waals surface area contributed by atoms with E-state index >= 15 is 0 Å². The number of hydrogen-bond acceptors (Lipinski definition) is 5. The molecule has 0 aliphatic heterocycles. The molecular formula is C10H17NO5SSi. The lowest BCUT2D eigenvalue weighted by Gasteiger charge is -2.26. The van der Waals surface area contributed by atoms with Crippen LogP contribution >= 0.6 is 0 Å². The van der Waals surface area contributed by atoms with Gasteiger partial charge in [0.1, 0.15) is 6.73 Å². The average Bonchev–Trinajstić information content (AvgIpc) is 2.35. The molecule has 0 amide bonds. The van der Waals surface area contributed by atoms with Crippen LogP contribution in [-0.2, 0) is 23.3 Å². The Morgan fingerprint density at radius 2 is 1.72 bits per heavy atom. The molecule has 0 saturated heterocycles. The fourth-order valence-electron chi connectivity index (χ4n) is 1.39. The number of hydrogen-bond donors (Lipinski definition) is 1. The zero-order valence-corrected chi connectivity index (χ0v) is 12.4. The van der Waals surface area contributed by atoms with Crippen LogP contribution < -0.4 is 9.91 Å². The van der Waals surface area contributed by atoms with Gasteiger partial charge in [0, 0.05) is 19.4 Å². The van der Waals surface area contributed by atoms with Gasteiger partial charge >= 0.3 is 8.80 Å². The van der Waals surface area contributed by atoms with E-state index in [4.69, 9.17) is 13.3 Å². The molecule has 0 fully saturated rings. The molecule has 1 rings (SSSR count). The Labute approximate surface area is 108 Å². The van der Waals surface area contributed by atoms with Crippen LogP contribution in [0.4, 0.5) is 0 Å². The summed E-state index contributed by atoms with van der Waals surface area (Å²) in [6, 6.07) is 9.17. The third-order valence-corrected chi connectivity index (χ3v) is 5.53. The molecule has 6 nitrogen and oxygen atoms in total. The Morgan fingerprint density at radius 3 is 2.17 bits per heavy atom. The smallest absolute Gasteiger partial charge is 0.373 e. The minimum atomic E-state index is -3.31. The molecule has 8 heteroatoms. The molecule has 1 aromatic rings. The van der Waals surface area contributed by atoms with Crippen molar-refractivity contribution in [2.75, 3.05) is 27.2 Å². The van der Waals surface area contributed by atoms with E-state index in [1.807, 2.05) is 30.3 Å². The summed E-state index contributed by atoms with van der Waals surface area (Å²) in [5.74, 6) is 0. The van der Waals surface area contributed by atoms with E-state index in [0.717, 1.165) is 11.4 Å². The summed E-state index contributed by atoms with van der Waals surface area (Å²) < 4.78 is 40.4. The van der Waals surface area contributed by atoms with Crippen molar-refractivity contribution in [2.45, 2.75) is 0 Å². The molecule has 0 spiro atoms. The summed E-state index contributed by atoms with van der Waals surface area (Å²) in [6.07, 6.45) is 1.06. The molecule has 1 N–H and O–H groups in total. The third-order valence-electron chi connectivity index (χ3n) is 2.25. The minimum Gasteiger partial charge on any atom is -0.373 e. The molecule has 0 aliphatic carbocycles. The van der Waals surface area contributed by atoms with Crippen LogP contribution in [0.15, 0.2) is 30.3 Å². The van der Waals surface area contributed by atoms with Gasteiger partial charge in [-0.3, -0.25) is 0 Å². The van der Waals surface area contributed by atoms with Crippen molar-refractivity contribution >= 4 is 24.0 Å². The van der Waals surface area contributed by atoms with Crippen molar-refractivity contribution < 1.29 is 21.7 Å². The first kappa shape index (κ1) is 15.3. The van der Waals surface area contributed by atoms with Crippen molar-refractivity contribution in [3.8, 4) is 0 Å². The van der Waals surface area contributed by atoms with Gasteiger partial charge in [-0.25, -0.2) is 8.42 Å². The maximum atomic E-state index is 11.0. The monoisotopic (exact) mass is 291 g/mol. The summed E-state index contributed by atoms with van der Waals surface area (Å²) >= 11 is 0. The number of rotatable bonds is 7. The van der Waals surface area contributed by atoms with E-state index in [0.29, 0.717) is 0 Å². The highest BCUT2D eigenvalue weighted by molar-refractivity contribution is 7.88. The molecular weight excluding hydrogens is 274 g/mol. The predicted octanol–water partition coefficient (Wildman–Crippen LogP) is -0.351. The molecule has 0 aliphatic rings. The summed E-state index contributed by atoms with van der Waals surface area (Å²) in [5, 5.41) is 0.769. The number of nitrogens with one attached hydrogen (secondary N) is 1. The predicted molar refractivity (Wildman–Crippen MR) is 69.8 cm³/mol. The van der Waals surface area contributed by atoms with Crippen LogP contribution in [0.25, 0.3) is 0 Å². The van der Waals surface area contributed by atoms with Crippen molar-refractivity contribution in [3.63, 3.8) is 0 Å². The van der Waals surface area contributed by atoms with Crippen molar-refractivity contribution in [2.24, 2.45) is 0 Å². The maximum Gasteiger partial charge on any atom is 0.537 e. The van der Waals surface area contributed by atoms with Crippen molar-refractivity contribution in [1.29, 1.82) is 0 Å². The van der Waals surface area contributed by atoms with Gasteiger partial charge in [-0.05, 0) is 0 Å².